The molecule has 19 heavy (non-hydrogen) atoms. The quantitative estimate of drug-likeness (QED) is 0.892. The molecule has 1 aromatic heterocycles. The first kappa shape index (κ1) is 11.7. The first-order valence-electron chi connectivity index (χ1n) is 6.24. The number of benzene rings is 1. The molecule has 2 aromatic rings. The first-order valence-corrected chi connectivity index (χ1v) is 6.24. The number of carbonyl (C=O) groups is 1. The summed E-state index contributed by atoms with van der Waals surface area (Å²) in [4.78, 5) is 16.6. The molecule has 0 unspecified atom stereocenters. The first-order chi connectivity index (χ1) is 9.14. The standard InChI is InChI=1S/C15H13N3O/c1-10-5-6-11-3-2-4-12(13(11)17-10)18-14(19)15(9-16)7-8-15/h2-6H,7-8H2,1H3,(H,18,19). The van der Waals surface area contributed by atoms with Gasteiger partial charge in [0.15, 0.2) is 0 Å². The number of hydrogen-bond donors (Lipinski definition) is 1. The monoisotopic (exact) mass is 251 g/mol. The second-order valence-electron chi connectivity index (χ2n) is 4.98. The molecule has 1 heterocycles. The van der Waals surface area contributed by atoms with Crippen LogP contribution in [-0.2, 0) is 4.79 Å². The van der Waals surface area contributed by atoms with E-state index in [-0.39, 0.29) is 5.91 Å². The van der Waals surface area contributed by atoms with Crippen LogP contribution in [0.3, 0.4) is 0 Å². The highest BCUT2D eigenvalue weighted by molar-refractivity contribution is 6.04. The maximum absolute atomic E-state index is 12.1. The zero-order chi connectivity index (χ0) is 13.5. The minimum atomic E-state index is -0.814. The van der Waals surface area contributed by atoms with Crippen molar-refractivity contribution in [1.29, 1.82) is 5.26 Å². The number of amides is 1. The fourth-order valence-corrected chi connectivity index (χ4v) is 2.10. The number of nitrogens with zero attached hydrogens (tertiary/aromatic N) is 2. The number of para-hydroxylation sites is 1. The van der Waals surface area contributed by atoms with Gasteiger partial charge in [-0.3, -0.25) is 9.78 Å². The number of fused-ring (bicyclic) bond motifs is 1. The third-order valence-electron chi connectivity index (χ3n) is 3.51. The molecule has 1 saturated carbocycles. The molecule has 94 valence electrons. The van der Waals surface area contributed by atoms with Gasteiger partial charge in [0.05, 0.1) is 17.3 Å². The lowest BCUT2D eigenvalue weighted by atomic mass is 10.1. The molecule has 0 radical (unpaired) electrons. The molecule has 1 amide bonds. The maximum atomic E-state index is 12.1. The third kappa shape index (κ3) is 1.93. The van der Waals surface area contributed by atoms with E-state index >= 15 is 0 Å². The Morgan fingerprint density at radius 1 is 1.37 bits per heavy atom. The average molecular weight is 251 g/mol. The van der Waals surface area contributed by atoms with Crippen molar-refractivity contribution in [3.63, 3.8) is 0 Å². The molecular formula is C15H13N3O. The van der Waals surface area contributed by atoms with Crippen LogP contribution < -0.4 is 5.32 Å². The Morgan fingerprint density at radius 3 is 2.84 bits per heavy atom. The van der Waals surface area contributed by atoms with Gasteiger partial charge in [0, 0.05) is 11.1 Å². The number of carbonyl (C=O) groups excluding carboxylic acids is 1. The summed E-state index contributed by atoms with van der Waals surface area (Å²) >= 11 is 0. The highest BCUT2D eigenvalue weighted by Gasteiger charge is 2.50. The largest absolute Gasteiger partial charge is 0.323 e. The molecule has 0 bridgehead atoms. The van der Waals surface area contributed by atoms with E-state index in [0.717, 1.165) is 16.6 Å². The summed E-state index contributed by atoms with van der Waals surface area (Å²) in [5.41, 5.74) is 1.53. The molecule has 0 spiro atoms. The van der Waals surface area contributed by atoms with Crippen molar-refractivity contribution in [2.24, 2.45) is 5.41 Å². The fourth-order valence-electron chi connectivity index (χ4n) is 2.10. The van der Waals surface area contributed by atoms with Gasteiger partial charge in [0.2, 0.25) is 5.91 Å². The zero-order valence-electron chi connectivity index (χ0n) is 10.6. The van der Waals surface area contributed by atoms with Crippen LogP contribution in [0.2, 0.25) is 0 Å². The number of anilines is 1. The molecule has 4 nitrogen and oxygen atoms in total. The van der Waals surface area contributed by atoms with Gasteiger partial charge in [0.1, 0.15) is 5.41 Å². The number of nitriles is 1. The van der Waals surface area contributed by atoms with Crippen molar-refractivity contribution in [3.05, 3.63) is 36.0 Å². The van der Waals surface area contributed by atoms with Gasteiger partial charge in [-0.15, -0.1) is 0 Å². The SMILES string of the molecule is Cc1ccc2cccc(NC(=O)C3(C#N)CC3)c2n1. The lowest BCUT2D eigenvalue weighted by molar-refractivity contribution is -0.119. The van der Waals surface area contributed by atoms with E-state index < -0.39 is 5.41 Å². The third-order valence-corrected chi connectivity index (χ3v) is 3.51. The van der Waals surface area contributed by atoms with Gasteiger partial charge in [0.25, 0.3) is 0 Å². The summed E-state index contributed by atoms with van der Waals surface area (Å²) < 4.78 is 0. The molecule has 1 N–H and O–H groups in total. The smallest absolute Gasteiger partial charge is 0.244 e. The van der Waals surface area contributed by atoms with E-state index in [9.17, 15) is 4.79 Å². The summed E-state index contributed by atoms with van der Waals surface area (Å²) in [6, 6.07) is 11.7. The van der Waals surface area contributed by atoms with E-state index in [1.54, 1.807) is 0 Å². The van der Waals surface area contributed by atoms with E-state index in [0.29, 0.717) is 18.5 Å². The Hall–Kier alpha value is -2.41. The Balaban J connectivity index is 2.00. The van der Waals surface area contributed by atoms with Crippen LogP contribution in [0.1, 0.15) is 18.5 Å². The van der Waals surface area contributed by atoms with Gasteiger partial charge in [-0.05, 0) is 31.9 Å². The summed E-state index contributed by atoms with van der Waals surface area (Å²) in [5, 5.41) is 12.9. The molecule has 1 aromatic carbocycles. The zero-order valence-corrected chi connectivity index (χ0v) is 10.6. The summed E-state index contributed by atoms with van der Waals surface area (Å²) in [7, 11) is 0. The van der Waals surface area contributed by atoms with Crippen LogP contribution in [0.5, 0.6) is 0 Å². The maximum Gasteiger partial charge on any atom is 0.244 e. The van der Waals surface area contributed by atoms with Crippen molar-refractivity contribution >= 4 is 22.5 Å². The lowest BCUT2D eigenvalue weighted by Crippen LogP contribution is -2.22. The van der Waals surface area contributed by atoms with Gasteiger partial charge in [-0.1, -0.05) is 18.2 Å². The molecular weight excluding hydrogens is 238 g/mol. The predicted molar refractivity (Wildman–Crippen MR) is 72.4 cm³/mol. The van der Waals surface area contributed by atoms with Crippen molar-refractivity contribution in [3.8, 4) is 6.07 Å². The minimum absolute atomic E-state index is 0.217. The Morgan fingerprint density at radius 2 is 2.16 bits per heavy atom. The summed E-state index contributed by atoms with van der Waals surface area (Å²) in [6.45, 7) is 1.91. The molecule has 3 rings (SSSR count). The molecule has 1 aliphatic carbocycles. The van der Waals surface area contributed by atoms with Crippen molar-refractivity contribution in [1.82, 2.24) is 4.98 Å². The number of pyridine rings is 1. The molecule has 1 fully saturated rings. The predicted octanol–water partition coefficient (Wildman–Crippen LogP) is 2.79. The van der Waals surface area contributed by atoms with Crippen molar-refractivity contribution < 1.29 is 4.79 Å². The Labute approximate surface area is 111 Å². The topological polar surface area (TPSA) is 65.8 Å². The van der Waals surface area contributed by atoms with Gasteiger partial charge < -0.3 is 5.32 Å². The van der Waals surface area contributed by atoms with E-state index in [4.69, 9.17) is 5.26 Å². The van der Waals surface area contributed by atoms with E-state index in [1.807, 2.05) is 37.3 Å². The highest BCUT2D eigenvalue weighted by Crippen LogP contribution is 2.45. The van der Waals surface area contributed by atoms with Crippen LogP contribution in [0.15, 0.2) is 30.3 Å². The second kappa shape index (κ2) is 4.06. The Bertz CT molecular complexity index is 711. The van der Waals surface area contributed by atoms with Crippen molar-refractivity contribution in [2.75, 3.05) is 5.32 Å². The van der Waals surface area contributed by atoms with E-state index in [2.05, 4.69) is 16.4 Å². The number of hydrogen-bond acceptors (Lipinski definition) is 3. The highest BCUT2D eigenvalue weighted by atomic mass is 16.2. The minimum Gasteiger partial charge on any atom is -0.323 e. The lowest BCUT2D eigenvalue weighted by Gasteiger charge is -2.10. The van der Waals surface area contributed by atoms with Crippen LogP contribution in [-0.4, -0.2) is 10.9 Å². The van der Waals surface area contributed by atoms with E-state index in [1.165, 1.54) is 0 Å². The van der Waals surface area contributed by atoms with Crippen LogP contribution in [0, 0.1) is 23.7 Å². The fraction of sp³-hybridized carbons (Fsp3) is 0.267. The number of nitrogens with one attached hydrogen (secondary N) is 1. The number of rotatable bonds is 2. The molecule has 0 aliphatic heterocycles. The van der Waals surface area contributed by atoms with Crippen LogP contribution >= 0.6 is 0 Å². The normalized spacial score (nSPS) is 15.8. The van der Waals surface area contributed by atoms with Crippen molar-refractivity contribution in [2.45, 2.75) is 19.8 Å². The number of aryl methyl sites for hydroxylation is 1. The summed E-state index contributed by atoms with van der Waals surface area (Å²) in [6.07, 6.45) is 1.29. The molecule has 1 aliphatic rings. The molecule has 0 atom stereocenters. The van der Waals surface area contributed by atoms with Gasteiger partial charge >= 0.3 is 0 Å². The van der Waals surface area contributed by atoms with Gasteiger partial charge in [-0.25, -0.2) is 0 Å². The van der Waals surface area contributed by atoms with Gasteiger partial charge in [-0.2, -0.15) is 5.26 Å². The average Bonchev–Trinajstić information content (AvgIpc) is 3.20. The van der Waals surface area contributed by atoms with Crippen LogP contribution in [0.25, 0.3) is 10.9 Å². The Kier molecular flexibility index (Phi) is 2.49. The molecule has 0 saturated heterocycles. The second-order valence-corrected chi connectivity index (χ2v) is 4.98. The summed E-state index contributed by atoms with van der Waals surface area (Å²) in [5.74, 6) is -0.217. The molecule has 4 heteroatoms. The number of aromatic nitrogens is 1. The van der Waals surface area contributed by atoms with Crippen LogP contribution in [0.4, 0.5) is 5.69 Å².